The maximum atomic E-state index is 5.69. The highest BCUT2D eigenvalue weighted by Crippen LogP contribution is 2.35. The molecule has 0 saturated heterocycles. The van der Waals surface area contributed by atoms with Crippen LogP contribution in [0, 0.1) is 0 Å². The molecule has 0 N–H and O–H groups in total. The van der Waals surface area contributed by atoms with Crippen molar-refractivity contribution in [1.29, 1.82) is 0 Å². The Morgan fingerprint density at radius 2 is 1.64 bits per heavy atom. The fourth-order valence-corrected chi connectivity index (χ4v) is 3.01. The minimum absolute atomic E-state index is 0.540. The van der Waals surface area contributed by atoms with Crippen LogP contribution in [0.2, 0.25) is 0 Å². The zero-order chi connectivity index (χ0) is 8.43. The molecule has 0 unspecified atom stereocenters. The third-order valence-corrected chi connectivity index (χ3v) is 2.81. The highest BCUT2D eigenvalue weighted by molar-refractivity contribution is 9.11. The van der Waals surface area contributed by atoms with Gasteiger partial charge in [-0.1, -0.05) is 23.2 Å². The second-order valence-corrected chi connectivity index (χ2v) is 4.62. The molecule has 1 aromatic heterocycles. The molecule has 0 radical (unpaired) electrons. The molecule has 1 heterocycles. The topological polar surface area (TPSA) is 12.9 Å². The van der Waals surface area contributed by atoms with Crippen molar-refractivity contribution >= 4 is 55.1 Å². The van der Waals surface area contributed by atoms with Gasteiger partial charge >= 0.3 is 0 Å². The third kappa shape index (κ3) is 2.31. The van der Waals surface area contributed by atoms with Crippen LogP contribution in [-0.2, 0) is 0 Å². The van der Waals surface area contributed by atoms with Gasteiger partial charge in [0.1, 0.15) is 4.84 Å². The minimum Gasteiger partial charge on any atom is -0.262 e. The first kappa shape index (κ1) is 9.78. The van der Waals surface area contributed by atoms with Crippen molar-refractivity contribution in [2.45, 2.75) is 4.84 Å². The monoisotopic (exact) mass is 317 g/mol. The van der Waals surface area contributed by atoms with Crippen LogP contribution in [0.5, 0.6) is 0 Å². The molecule has 0 spiro atoms. The second kappa shape index (κ2) is 4.08. The average molecular weight is 320 g/mol. The predicted molar refractivity (Wildman–Crippen MR) is 54.1 cm³/mol. The van der Waals surface area contributed by atoms with Gasteiger partial charge in [0, 0.05) is 26.9 Å². The van der Waals surface area contributed by atoms with E-state index in [1.807, 2.05) is 0 Å². The first-order valence-corrected chi connectivity index (χ1v) is 5.16. The first-order chi connectivity index (χ1) is 5.13. The highest BCUT2D eigenvalue weighted by atomic mass is 79.9. The maximum absolute atomic E-state index is 5.69. The van der Waals surface area contributed by atoms with Crippen LogP contribution in [0.3, 0.4) is 0 Å². The molecule has 0 bridgehead atoms. The molecule has 11 heavy (non-hydrogen) atoms. The van der Waals surface area contributed by atoms with Gasteiger partial charge < -0.3 is 0 Å². The van der Waals surface area contributed by atoms with E-state index in [1.54, 1.807) is 12.4 Å². The molecule has 0 aromatic carbocycles. The first-order valence-electron chi connectivity index (χ1n) is 2.70. The van der Waals surface area contributed by atoms with E-state index in [0.29, 0.717) is 0 Å². The molecule has 0 amide bonds. The van der Waals surface area contributed by atoms with Crippen LogP contribution in [0.4, 0.5) is 0 Å². The fourth-order valence-electron chi connectivity index (χ4n) is 0.630. The molecule has 60 valence electrons. The van der Waals surface area contributed by atoms with Crippen molar-refractivity contribution in [2.24, 2.45) is 0 Å². The highest BCUT2D eigenvalue weighted by Gasteiger charge is 2.11. The Bertz CT molecular complexity index is 245. The summed E-state index contributed by atoms with van der Waals surface area (Å²) in [6.07, 6.45) is 3.30. The van der Waals surface area contributed by atoms with Gasteiger partial charge in [-0.2, -0.15) is 0 Å². The number of hydrogen-bond donors (Lipinski definition) is 0. The lowest BCUT2D eigenvalue weighted by Gasteiger charge is -2.05. The Morgan fingerprint density at radius 3 is 1.91 bits per heavy atom. The van der Waals surface area contributed by atoms with E-state index in [9.17, 15) is 0 Å². The van der Waals surface area contributed by atoms with Gasteiger partial charge in [0.15, 0.2) is 0 Å². The van der Waals surface area contributed by atoms with Crippen LogP contribution in [-0.4, -0.2) is 4.98 Å². The Hall–Kier alpha value is 0.690. The summed E-state index contributed by atoms with van der Waals surface area (Å²) in [4.78, 5) is 3.38. The molecule has 0 fully saturated rings. The number of pyridine rings is 1. The number of alkyl halides is 2. The summed E-state index contributed by atoms with van der Waals surface area (Å²) in [7, 11) is 0. The average Bonchev–Trinajstić information content (AvgIpc) is 1.85. The Morgan fingerprint density at radius 1 is 1.18 bits per heavy atom. The van der Waals surface area contributed by atoms with Gasteiger partial charge in [-0.05, 0) is 31.9 Å². The molecule has 0 aliphatic rings. The predicted octanol–water partition coefficient (Wildman–Crippen LogP) is 4.08. The molecule has 0 saturated carbocycles. The molecule has 1 aromatic rings. The maximum Gasteiger partial charge on any atom is 0.135 e. The Balaban J connectivity index is 3.21. The van der Waals surface area contributed by atoms with Crippen molar-refractivity contribution < 1.29 is 0 Å². The molecule has 1 nitrogen and oxygen atoms in total. The van der Waals surface area contributed by atoms with E-state index >= 15 is 0 Å². The molecule has 1 rings (SSSR count). The quantitative estimate of drug-likeness (QED) is 0.711. The van der Waals surface area contributed by atoms with Gasteiger partial charge in [-0.25, -0.2) is 0 Å². The van der Waals surface area contributed by atoms with Crippen LogP contribution in [0.15, 0.2) is 21.3 Å². The van der Waals surface area contributed by atoms with E-state index in [1.165, 1.54) is 0 Å². The summed E-state index contributed by atoms with van der Waals surface area (Å²) < 4.78 is 1.61. The minimum atomic E-state index is -0.540. The normalized spacial score (nSPS) is 10.6. The SMILES string of the molecule is ClC(Cl)c1c(Br)cncc1Br. The number of halogens is 4. The lowest BCUT2D eigenvalue weighted by atomic mass is 10.3. The largest absolute Gasteiger partial charge is 0.262 e. The van der Waals surface area contributed by atoms with Crippen LogP contribution in [0.1, 0.15) is 10.4 Å². The molecular formula is C6H3Br2Cl2N. The van der Waals surface area contributed by atoms with Gasteiger partial charge in [0.05, 0.1) is 0 Å². The van der Waals surface area contributed by atoms with E-state index in [4.69, 9.17) is 23.2 Å². The lowest BCUT2D eigenvalue weighted by Crippen LogP contribution is -1.87. The van der Waals surface area contributed by atoms with Crippen molar-refractivity contribution in [2.75, 3.05) is 0 Å². The fraction of sp³-hybridized carbons (Fsp3) is 0.167. The lowest BCUT2D eigenvalue weighted by molar-refractivity contribution is 1.20. The molecule has 0 aliphatic heterocycles. The summed E-state index contributed by atoms with van der Waals surface area (Å²) in [6.45, 7) is 0. The standard InChI is InChI=1S/C6H3Br2Cl2N/c7-3-1-11-2-4(8)5(3)6(9)10/h1-2,6H. The van der Waals surface area contributed by atoms with Gasteiger partial charge in [0.25, 0.3) is 0 Å². The zero-order valence-electron chi connectivity index (χ0n) is 5.19. The summed E-state index contributed by atoms with van der Waals surface area (Å²) in [5.41, 5.74) is 0.809. The van der Waals surface area contributed by atoms with Gasteiger partial charge in [-0.3, -0.25) is 4.98 Å². The third-order valence-electron chi connectivity index (χ3n) is 1.11. The van der Waals surface area contributed by atoms with Crippen molar-refractivity contribution in [3.63, 3.8) is 0 Å². The number of nitrogens with zero attached hydrogens (tertiary/aromatic N) is 1. The summed E-state index contributed by atoms with van der Waals surface area (Å²) in [5.74, 6) is 0. The molecule has 0 aliphatic carbocycles. The van der Waals surface area contributed by atoms with E-state index in [2.05, 4.69) is 36.8 Å². The summed E-state index contributed by atoms with van der Waals surface area (Å²) in [5, 5.41) is 0. The second-order valence-electron chi connectivity index (χ2n) is 1.82. The smallest absolute Gasteiger partial charge is 0.135 e. The Labute approximate surface area is 91.4 Å². The summed E-state index contributed by atoms with van der Waals surface area (Å²) in [6, 6.07) is 0. The van der Waals surface area contributed by atoms with E-state index in [0.717, 1.165) is 14.5 Å². The van der Waals surface area contributed by atoms with Gasteiger partial charge in [-0.15, -0.1) is 0 Å². The Kier molecular flexibility index (Phi) is 3.62. The number of hydrogen-bond acceptors (Lipinski definition) is 1. The van der Waals surface area contributed by atoms with Crippen LogP contribution in [0.25, 0.3) is 0 Å². The van der Waals surface area contributed by atoms with Crippen molar-refractivity contribution in [1.82, 2.24) is 4.98 Å². The van der Waals surface area contributed by atoms with E-state index < -0.39 is 4.84 Å². The van der Waals surface area contributed by atoms with Crippen LogP contribution >= 0.6 is 55.1 Å². The van der Waals surface area contributed by atoms with Crippen molar-refractivity contribution in [3.8, 4) is 0 Å². The molecular weight excluding hydrogens is 317 g/mol. The van der Waals surface area contributed by atoms with Crippen LogP contribution < -0.4 is 0 Å². The van der Waals surface area contributed by atoms with E-state index in [-0.39, 0.29) is 0 Å². The molecule has 0 atom stereocenters. The van der Waals surface area contributed by atoms with Crippen molar-refractivity contribution in [3.05, 3.63) is 26.9 Å². The number of aromatic nitrogens is 1. The zero-order valence-corrected chi connectivity index (χ0v) is 9.87. The summed E-state index contributed by atoms with van der Waals surface area (Å²) >= 11 is 18.0. The number of rotatable bonds is 1. The molecule has 5 heteroatoms. The van der Waals surface area contributed by atoms with Gasteiger partial charge in [0.2, 0.25) is 0 Å².